The molecule has 8 nitrogen and oxygen atoms in total. The lowest BCUT2D eigenvalue weighted by Crippen LogP contribution is -2.48. The molecule has 2 N–H and O–H groups in total. The minimum Gasteiger partial charge on any atom is -0.487 e. The zero-order valence-electron chi connectivity index (χ0n) is 18.5. The van der Waals surface area contributed by atoms with Gasteiger partial charge in [-0.1, -0.05) is 0 Å². The Labute approximate surface area is 192 Å². The van der Waals surface area contributed by atoms with Gasteiger partial charge in [0.1, 0.15) is 18.0 Å². The lowest BCUT2D eigenvalue weighted by molar-refractivity contribution is -0.149. The van der Waals surface area contributed by atoms with E-state index in [0.717, 1.165) is 37.2 Å². The molecule has 2 aromatic rings. The number of fused-ring (bicyclic) bond motifs is 3. The fourth-order valence-electron chi connectivity index (χ4n) is 5.13. The van der Waals surface area contributed by atoms with E-state index >= 15 is 0 Å². The van der Waals surface area contributed by atoms with Crippen molar-refractivity contribution < 1.29 is 24.2 Å². The SMILES string of the molecule is O=C(Nc1ccc2c(c1)[C@H]1C[C@H](CC(=O)N3CCCCC3)O[C@@H](CO)[C@H]1O2)c1cccnc1. The molecule has 0 unspecified atom stereocenters. The minimum absolute atomic E-state index is 0.0136. The summed E-state index contributed by atoms with van der Waals surface area (Å²) in [5.41, 5.74) is 2.12. The van der Waals surface area contributed by atoms with Gasteiger partial charge >= 0.3 is 0 Å². The summed E-state index contributed by atoms with van der Waals surface area (Å²) in [4.78, 5) is 31.3. The van der Waals surface area contributed by atoms with Crippen LogP contribution in [0.3, 0.4) is 0 Å². The molecule has 3 aliphatic rings. The summed E-state index contributed by atoms with van der Waals surface area (Å²) in [7, 11) is 0. The highest BCUT2D eigenvalue weighted by Crippen LogP contribution is 2.47. The molecule has 0 spiro atoms. The van der Waals surface area contributed by atoms with Crippen molar-refractivity contribution in [3.8, 4) is 5.75 Å². The molecule has 8 heteroatoms. The number of rotatable bonds is 5. The number of nitrogens with zero attached hydrogens (tertiary/aromatic N) is 2. The maximum atomic E-state index is 12.8. The summed E-state index contributed by atoms with van der Waals surface area (Å²) < 4.78 is 12.2. The van der Waals surface area contributed by atoms with Crippen molar-refractivity contribution in [1.82, 2.24) is 9.88 Å². The number of aliphatic hydroxyl groups is 1. The Balaban J connectivity index is 1.31. The fraction of sp³-hybridized carbons (Fsp3) is 0.480. The Kier molecular flexibility index (Phi) is 6.28. The Morgan fingerprint density at radius 2 is 2.03 bits per heavy atom. The quantitative estimate of drug-likeness (QED) is 0.725. The maximum absolute atomic E-state index is 12.8. The normalized spacial score (nSPS) is 26.2. The summed E-state index contributed by atoms with van der Waals surface area (Å²) in [6.45, 7) is 1.45. The number of piperidine rings is 1. The first kappa shape index (κ1) is 21.9. The molecule has 0 bridgehead atoms. The molecule has 5 rings (SSSR count). The zero-order chi connectivity index (χ0) is 22.8. The van der Waals surface area contributed by atoms with Crippen LogP contribution in [0, 0.1) is 0 Å². The van der Waals surface area contributed by atoms with Gasteiger partial charge in [-0.2, -0.15) is 0 Å². The van der Waals surface area contributed by atoms with Gasteiger partial charge in [-0.15, -0.1) is 0 Å². The van der Waals surface area contributed by atoms with E-state index in [1.807, 2.05) is 17.0 Å². The van der Waals surface area contributed by atoms with Gasteiger partial charge in [0.2, 0.25) is 5.91 Å². The monoisotopic (exact) mass is 451 g/mol. The van der Waals surface area contributed by atoms with Crippen LogP contribution in [0.2, 0.25) is 0 Å². The van der Waals surface area contributed by atoms with Crippen molar-refractivity contribution in [3.05, 3.63) is 53.9 Å². The van der Waals surface area contributed by atoms with Gasteiger partial charge in [-0.25, -0.2) is 0 Å². The third-order valence-electron chi connectivity index (χ3n) is 6.79. The smallest absolute Gasteiger partial charge is 0.257 e. The molecule has 4 heterocycles. The molecule has 0 radical (unpaired) electrons. The highest BCUT2D eigenvalue weighted by atomic mass is 16.6. The predicted molar refractivity (Wildman–Crippen MR) is 121 cm³/mol. The van der Waals surface area contributed by atoms with Crippen molar-refractivity contribution in [3.63, 3.8) is 0 Å². The number of carbonyl (C=O) groups is 2. The van der Waals surface area contributed by atoms with Crippen molar-refractivity contribution in [2.24, 2.45) is 0 Å². The number of aliphatic hydroxyl groups excluding tert-OH is 1. The first-order valence-electron chi connectivity index (χ1n) is 11.7. The van der Waals surface area contributed by atoms with Crippen LogP contribution in [0.4, 0.5) is 5.69 Å². The first-order valence-corrected chi connectivity index (χ1v) is 11.7. The molecular weight excluding hydrogens is 422 g/mol. The van der Waals surface area contributed by atoms with Crippen LogP contribution in [-0.4, -0.2) is 64.8 Å². The van der Waals surface area contributed by atoms with Crippen LogP contribution in [-0.2, 0) is 9.53 Å². The average Bonchev–Trinajstić information content (AvgIpc) is 3.22. The second-order valence-corrected chi connectivity index (χ2v) is 9.00. The van der Waals surface area contributed by atoms with E-state index in [1.54, 1.807) is 24.4 Å². The molecule has 174 valence electrons. The highest BCUT2D eigenvalue weighted by Gasteiger charge is 2.46. The number of likely N-dealkylation sites (tertiary alicyclic amines) is 1. The second-order valence-electron chi connectivity index (χ2n) is 9.00. The number of hydrogen-bond acceptors (Lipinski definition) is 6. The molecule has 1 aromatic carbocycles. The zero-order valence-corrected chi connectivity index (χ0v) is 18.5. The van der Waals surface area contributed by atoms with E-state index in [0.29, 0.717) is 24.1 Å². The van der Waals surface area contributed by atoms with E-state index in [4.69, 9.17) is 9.47 Å². The lowest BCUT2D eigenvalue weighted by atomic mass is 9.84. The van der Waals surface area contributed by atoms with E-state index in [-0.39, 0.29) is 36.5 Å². The van der Waals surface area contributed by atoms with Crippen LogP contribution < -0.4 is 10.1 Å². The average molecular weight is 452 g/mol. The Morgan fingerprint density at radius 1 is 1.18 bits per heavy atom. The summed E-state index contributed by atoms with van der Waals surface area (Å²) in [6.07, 6.45) is 6.29. The first-order chi connectivity index (χ1) is 16.1. The van der Waals surface area contributed by atoms with Gasteiger partial charge in [-0.05, 0) is 56.0 Å². The molecule has 3 aliphatic heterocycles. The fourth-order valence-corrected chi connectivity index (χ4v) is 5.13. The van der Waals surface area contributed by atoms with Crippen molar-refractivity contribution in [2.45, 2.75) is 56.3 Å². The van der Waals surface area contributed by atoms with Crippen LogP contribution in [0.5, 0.6) is 5.75 Å². The van der Waals surface area contributed by atoms with Crippen LogP contribution in [0.25, 0.3) is 0 Å². The van der Waals surface area contributed by atoms with Crippen LogP contribution in [0.1, 0.15) is 53.9 Å². The van der Waals surface area contributed by atoms with Gasteiger partial charge in [0.15, 0.2) is 0 Å². The Hall–Kier alpha value is -2.97. The van der Waals surface area contributed by atoms with E-state index in [1.165, 1.54) is 12.6 Å². The summed E-state index contributed by atoms with van der Waals surface area (Å²) in [5.74, 6) is 0.602. The van der Waals surface area contributed by atoms with Crippen LogP contribution in [0.15, 0.2) is 42.7 Å². The van der Waals surface area contributed by atoms with Crippen molar-refractivity contribution in [1.29, 1.82) is 0 Å². The number of ether oxygens (including phenoxy) is 2. The predicted octanol–water partition coefficient (Wildman–Crippen LogP) is 2.73. The maximum Gasteiger partial charge on any atom is 0.257 e. The van der Waals surface area contributed by atoms with Gasteiger partial charge < -0.3 is 24.8 Å². The van der Waals surface area contributed by atoms with Crippen molar-refractivity contribution >= 4 is 17.5 Å². The minimum atomic E-state index is -0.497. The molecule has 33 heavy (non-hydrogen) atoms. The number of benzene rings is 1. The molecule has 2 amide bonds. The number of carbonyl (C=O) groups excluding carboxylic acids is 2. The van der Waals surface area contributed by atoms with E-state index in [9.17, 15) is 14.7 Å². The lowest BCUT2D eigenvalue weighted by Gasteiger charge is -2.38. The molecule has 2 saturated heterocycles. The number of pyridine rings is 1. The Morgan fingerprint density at radius 3 is 2.79 bits per heavy atom. The Bertz CT molecular complexity index is 1010. The number of anilines is 1. The molecule has 2 fully saturated rings. The number of aromatic nitrogens is 1. The van der Waals surface area contributed by atoms with Gasteiger partial charge in [0.25, 0.3) is 5.91 Å². The van der Waals surface area contributed by atoms with Gasteiger partial charge in [-0.3, -0.25) is 14.6 Å². The second kappa shape index (κ2) is 9.49. The van der Waals surface area contributed by atoms with Crippen molar-refractivity contribution in [2.75, 3.05) is 25.0 Å². The molecular formula is C25H29N3O5. The molecule has 0 aliphatic carbocycles. The van der Waals surface area contributed by atoms with E-state index in [2.05, 4.69) is 10.3 Å². The number of hydrogen-bond donors (Lipinski definition) is 2. The number of nitrogens with one attached hydrogen (secondary N) is 1. The van der Waals surface area contributed by atoms with Gasteiger partial charge in [0, 0.05) is 42.7 Å². The summed E-state index contributed by atoms with van der Waals surface area (Å²) in [6, 6.07) is 9.00. The van der Waals surface area contributed by atoms with Gasteiger partial charge in [0.05, 0.1) is 24.7 Å². The van der Waals surface area contributed by atoms with Crippen LogP contribution >= 0.6 is 0 Å². The molecule has 1 aromatic heterocycles. The third kappa shape index (κ3) is 4.58. The standard InChI is InChI=1S/C25H29N3O5/c29-15-22-24-20(12-18(32-22)13-23(30)28-9-2-1-3-10-28)19-11-17(6-7-21(19)33-24)27-25(31)16-5-4-8-26-14-16/h4-8,11,14,18,20,22,24,29H,1-3,9-10,12-13,15H2,(H,27,31)/t18-,20-,22+,24+/m1/s1. The molecule has 0 saturated carbocycles. The number of amides is 2. The summed E-state index contributed by atoms with van der Waals surface area (Å²) in [5, 5.41) is 12.9. The largest absolute Gasteiger partial charge is 0.487 e. The summed E-state index contributed by atoms with van der Waals surface area (Å²) >= 11 is 0. The topological polar surface area (TPSA) is 101 Å². The van der Waals surface area contributed by atoms with E-state index < -0.39 is 6.10 Å². The highest BCUT2D eigenvalue weighted by molar-refractivity contribution is 6.04. The molecule has 4 atom stereocenters. The third-order valence-corrected chi connectivity index (χ3v) is 6.79.